The lowest BCUT2D eigenvalue weighted by molar-refractivity contribution is 0.0369. The van der Waals surface area contributed by atoms with Crippen molar-refractivity contribution in [3.63, 3.8) is 0 Å². The molecule has 2 heterocycles. The highest BCUT2D eigenvalue weighted by Gasteiger charge is 2.20. The number of urea groups is 1. The fourth-order valence-corrected chi connectivity index (χ4v) is 4.16. The molecule has 2 aromatic rings. The summed E-state index contributed by atoms with van der Waals surface area (Å²) in [6.07, 6.45) is 3.47. The highest BCUT2D eigenvalue weighted by molar-refractivity contribution is 6.05. The minimum atomic E-state index is -0.653. The predicted molar refractivity (Wildman–Crippen MR) is 155 cm³/mol. The van der Waals surface area contributed by atoms with E-state index in [9.17, 15) is 14.4 Å². The number of aromatic nitrogens is 1. The minimum absolute atomic E-state index is 0.207. The molecule has 1 aromatic carbocycles. The van der Waals surface area contributed by atoms with E-state index >= 15 is 0 Å². The zero-order chi connectivity index (χ0) is 29.0. The van der Waals surface area contributed by atoms with E-state index in [-0.39, 0.29) is 17.8 Å². The van der Waals surface area contributed by atoms with Crippen molar-refractivity contribution < 1.29 is 23.9 Å². The maximum atomic E-state index is 13.0. The first-order chi connectivity index (χ1) is 19.1. The van der Waals surface area contributed by atoms with Gasteiger partial charge in [-0.25, -0.2) is 9.59 Å². The monoisotopic (exact) mass is 554 g/mol. The number of para-hydroxylation sites is 2. The lowest BCUT2D eigenvalue weighted by Gasteiger charge is -2.27. The first kappa shape index (κ1) is 30.8. The Morgan fingerprint density at radius 2 is 1.75 bits per heavy atom. The van der Waals surface area contributed by atoms with Gasteiger partial charge in [0.05, 0.1) is 30.6 Å². The Bertz CT molecular complexity index is 1110. The SMILES string of the molecule is CCCNC(=O)NC(CCCN1CCOCC1)c1ccc(C(=O)Nc2ccccc2NC(=O)OC(C)(C)C)nc1. The largest absolute Gasteiger partial charge is 0.444 e. The molecule has 11 heteroatoms. The Hall–Kier alpha value is -3.70. The number of carbonyl (C=O) groups excluding carboxylic acids is 3. The van der Waals surface area contributed by atoms with Gasteiger partial charge in [-0.15, -0.1) is 0 Å². The average Bonchev–Trinajstić information content (AvgIpc) is 2.92. The van der Waals surface area contributed by atoms with E-state index in [1.165, 1.54) is 0 Å². The number of ether oxygens (including phenoxy) is 2. The summed E-state index contributed by atoms with van der Waals surface area (Å²) in [6.45, 7) is 12.2. The zero-order valence-electron chi connectivity index (χ0n) is 23.9. The van der Waals surface area contributed by atoms with E-state index in [1.807, 2.05) is 13.0 Å². The number of nitrogens with one attached hydrogen (secondary N) is 4. The molecule has 40 heavy (non-hydrogen) atoms. The summed E-state index contributed by atoms with van der Waals surface area (Å²) in [6, 6.07) is 9.83. The van der Waals surface area contributed by atoms with Gasteiger partial charge in [0.2, 0.25) is 0 Å². The van der Waals surface area contributed by atoms with Gasteiger partial charge in [0.1, 0.15) is 11.3 Å². The molecule has 1 saturated heterocycles. The fraction of sp³-hybridized carbons (Fsp3) is 0.517. The highest BCUT2D eigenvalue weighted by Crippen LogP contribution is 2.23. The third kappa shape index (κ3) is 10.5. The van der Waals surface area contributed by atoms with Crippen LogP contribution in [0.2, 0.25) is 0 Å². The van der Waals surface area contributed by atoms with E-state index in [0.29, 0.717) is 17.9 Å². The van der Waals surface area contributed by atoms with Crippen LogP contribution in [0.3, 0.4) is 0 Å². The summed E-state index contributed by atoms with van der Waals surface area (Å²) >= 11 is 0. The normalized spacial score (nSPS) is 14.6. The standard InChI is InChI=1S/C29H42N6O5/c1-5-14-30-27(37)33-22(11-8-15-35-16-18-39-19-17-35)21-12-13-25(31-20-21)26(36)32-23-9-6-7-10-24(23)34-28(38)40-29(2,3)4/h6-7,9-10,12-13,20,22H,5,8,11,14-19H2,1-4H3,(H,32,36)(H,34,38)(H2,30,33,37). The zero-order valence-corrected chi connectivity index (χ0v) is 23.9. The second-order valence-electron chi connectivity index (χ2n) is 10.7. The van der Waals surface area contributed by atoms with Gasteiger partial charge in [0.15, 0.2) is 0 Å². The molecule has 1 atom stereocenters. The van der Waals surface area contributed by atoms with Crippen LogP contribution in [0, 0.1) is 0 Å². The predicted octanol–water partition coefficient (Wildman–Crippen LogP) is 4.54. The van der Waals surface area contributed by atoms with Crippen LogP contribution in [-0.2, 0) is 9.47 Å². The lowest BCUT2D eigenvalue weighted by atomic mass is 10.0. The number of amides is 4. The van der Waals surface area contributed by atoms with Crippen molar-refractivity contribution in [2.24, 2.45) is 0 Å². The van der Waals surface area contributed by atoms with Gasteiger partial charge in [-0.05, 0) is 70.3 Å². The van der Waals surface area contributed by atoms with Crippen LogP contribution in [0.4, 0.5) is 21.0 Å². The molecule has 4 amide bonds. The Balaban J connectivity index is 1.65. The van der Waals surface area contributed by atoms with Crippen molar-refractivity contribution in [3.05, 3.63) is 53.9 Å². The van der Waals surface area contributed by atoms with Crippen molar-refractivity contribution in [1.29, 1.82) is 0 Å². The number of hydrogen-bond donors (Lipinski definition) is 4. The molecular formula is C29H42N6O5. The molecule has 1 fully saturated rings. The van der Waals surface area contributed by atoms with Crippen molar-refractivity contribution in [1.82, 2.24) is 20.5 Å². The molecular weight excluding hydrogens is 512 g/mol. The Labute approximate surface area is 236 Å². The summed E-state index contributed by atoms with van der Waals surface area (Å²) < 4.78 is 10.7. The highest BCUT2D eigenvalue weighted by atomic mass is 16.6. The third-order valence-electron chi connectivity index (χ3n) is 6.14. The first-order valence-electron chi connectivity index (χ1n) is 13.9. The Morgan fingerprint density at radius 1 is 1.05 bits per heavy atom. The molecule has 0 saturated carbocycles. The van der Waals surface area contributed by atoms with Gasteiger partial charge < -0.3 is 25.4 Å². The Morgan fingerprint density at radius 3 is 2.38 bits per heavy atom. The molecule has 1 aliphatic rings. The van der Waals surface area contributed by atoms with Gasteiger partial charge in [0.25, 0.3) is 5.91 Å². The number of hydrogen-bond acceptors (Lipinski definition) is 7. The maximum Gasteiger partial charge on any atom is 0.412 e. The van der Waals surface area contributed by atoms with Gasteiger partial charge in [-0.3, -0.25) is 20.0 Å². The number of morpholine rings is 1. The third-order valence-corrected chi connectivity index (χ3v) is 6.14. The van der Waals surface area contributed by atoms with E-state index < -0.39 is 17.6 Å². The number of nitrogens with zero attached hydrogens (tertiary/aromatic N) is 2. The summed E-state index contributed by atoms with van der Waals surface area (Å²) in [7, 11) is 0. The van der Waals surface area contributed by atoms with E-state index in [1.54, 1.807) is 57.3 Å². The van der Waals surface area contributed by atoms with Gasteiger partial charge in [-0.2, -0.15) is 0 Å². The number of rotatable bonds is 11. The second-order valence-corrected chi connectivity index (χ2v) is 10.7. The van der Waals surface area contributed by atoms with Crippen LogP contribution in [0.25, 0.3) is 0 Å². The molecule has 1 unspecified atom stereocenters. The van der Waals surface area contributed by atoms with E-state index in [0.717, 1.165) is 57.7 Å². The summed E-state index contributed by atoms with van der Waals surface area (Å²) in [5.74, 6) is -0.428. The maximum absolute atomic E-state index is 13.0. The minimum Gasteiger partial charge on any atom is -0.444 e. The van der Waals surface area contributed by atoms with Crippen molar-refractivity contribution in [3.8, 4) is 0 Å². The van der Waals surface area contributed by atoms with Crippen LogP contribution in [0.1, 0.15) is 69.1 Å². The number of carbonyl (C=O) groups is 3. The molecule has 218 valence electrons. The number of benzene rings is 1. The lowest BCUT2D eigenvalue weighted by Crippen LogP contribution is -2.39. The van der Waals surface area contributed by atoms with Crippen LogP contribution in [-0.4, -0.2) is 72.9 Å². The van der Waals surface area contributed by atoms with Crippen LogP contribution in [0.5, 0.6) is 0 Å². The second kappa shape index (κ2) is 15.2. The van der Waals surface area contributed by atoms with Crippen LogP contribution >= 0.6 is 0 Å². The van der Waals surface area contributed by atoms with Crippen molar-refractivity contribution >= 4 is 29.4 Å². The van der Waals surface area contributed by atoms with Gasteiger partial charge in [0, 0.05) is 25.8 Å². The average molecular weight is 555 g/mol. The van der Waals surface area contributed by atoms with Crippen LogP contribution in [0.15, 0.2) is 42.6 Å². The fourth-order valence-electron chi connectivity index (χ4n) is 4.16. The van der Waals surface area contributed by atoms with Gasteiger partial charge in [-0.1, -0.05) is 25.1 Å². The molecule has 3 rings (SSSR count). The smallest absolute Gasteiger partial charge is 0.412 e. The first-order valence-corrected chi connectivity index (χ1v) is 13.9. The van der Waals surface area contributed by atoms with E-state index in [4.69, 9.17) is 9.47 Å². The summed E-state index contributed by atoms with van der Waals surface area (Å²) in [5.41, 5.74) is 1.19. The molecule has 0 aliphatic carbocycles. The molecule has 11 nitrogen and oxygen atoms in total. The molecule has 0 radical (unpaired) electrons. The quantitative estimate of drug-likeness (QED) is 0.320. The van der Waals surface area contributed by atoms with E-state index in [2.05, 4.69) is 31.2 Å². The Kier molecular flexibility index (Phi) is 11.7. The molecule has 1 aliphatic heterocycles. The van der Waals surface area contributed by atoms with Gasteiger partial charge >= 0.3 is 12.1 Å². The van der Waals surface area contributed by atoms with Crippen molar-refractivity contribution in [2.45, 2.75) is 58.6 Å². The molecule has 0 bridgehead atoms. The summed E-state index contributed by atoms with van der Waals surface area (Å²) in [4.78, 5) is 44.4. The molecule has 0 spiro atoms. The molecule has 4 N–H and O–H groups in total. The topological polar surface area (TPSA) is 134 Å². The number of anilines is 2. The number of pyridine rings is 1. The van der Waals surface area contributed by atoms with Crippen molar-refractivity contribution in [2.75, 3.05) is 50.0 Å². The summed E-state index contributed by atoms with van der Waals surface area (Å²) in [5, 5.41) is 11.4. The van der Waals surface area contributed by atoms with Crippen LogP contribution < -0.4 is 21.3 Å². The molecule has 1 aromatic heterocycles.